The van der Waals surface area contributed by atoms with Gasteiger partial charge in [0.25, 0.3) is 0 Å². The second kappa shape index (κ2) is 3.89. The molecule has 2 fully saturated rings. The van der Waals surface area contributed by atoms with Crippen molar-refractivity contribution in [3.05, 3.63) is 0 Å². The molecule has 0 aromatic carbocycles. The van der Waals surface area contributed by atoms with Crippen molar-refractivity contribution in [2.75, 3.05) is 20.6 Å². The van der Waals surface area contributed by atoms with Crippen molar-refractivity contribution in [2.24, 2.45) is 11.8 Å². The summed E-state index contributed by atoms with van der Waals surface area (Å²) in [5, 5.41) is 3.40. The van der Waals surface area contributed by atoms with E-state index in [1.807, 2.05) is 14.1 Å². The van der Waals surface area contributed by atoms with E-state index in [2.05, 4.69) is 5.32 Å². The zero-order valence-electron chi connectivity index (χ0n) is 9.12. The topological polar surface area (TPSA) is 32.3 Å². The Hall–Kier alpha value is -0.570. The maximum atomic E-state index is 11.4. The van der Waals surface area contributed by atoms with Crippen LogP contribution in [0, 0.1) is 11.8 Å². The molecule has 14 heavy (non-hydrogen) atoms. The molecule has 2 saturated carbocycles. The number of hydrogen-bond acceptors (Lipinski definition) is 2. The Morgan fingerprint density at radius 1 is 1.36 bits per heavy atom. The molecule has 0 aromatic rings. The van der Waals surface area contributed by atoms with Crippen molar-refractivity contribution >= 4 is 5.91 Å². The molecule has 2 aliphatic rings. The van der Waals surface area contributed by atoms with Gasteiger partial charge in [-0.25, -0.2) is 0 Å². The SMILES string of the molecule is CN(C)C(=O)CN[C@H]1C[C@H]2CC[C@@H]1C2. The van der Waals surface area contributed by atoms with Crippen LogP contribution < -0.4 is 5.32 Å². The van der Waals surface area contributed by atoms with Crippen LogP contribution in [-0.4, -0.2) is 37.5 Å². The molecule has 3 atom stereocenters. The first-order valence-electron chi connectivity index (χ1n) is 5.60. The lowest BCUT2D eigenvalue weighted by atomic mass is 9.95. The molecule has 0 saturated heterocycles. The third-order valence-electron chi connectivity index (χ3n) is 3.75. The van der Waals surface area contributed by atoms with Crippen LogP contribution in [0.25, 0.3) is 0 Å². The van der Waals surface area contributed by atoms with E-state index in [1.165, 1.54) is 25.7 Å². The number of carbonyl (C=O) groups excluding carboxylic acids is 1. The molecule has 0 unspecified atom stereocenters. The lowest BCUT2D eigenvalue weighted by molar-refractivity contribution is -0.127. The zero-order chi connectivity index (χ0) is 10.1. The third-order valence-corrected chi connectivity index (χ3v) is 3.75. The van der Waals surface area contributed by atoms with Gasteiger partial charge in [0.2, 0.25) is 5.91 Å². The van der Waals surface area contributed by atoms with E-state index >= 15 is 0 Å². The third kappa shape index (κ3) is 1.92. The van der Waals surface area contributed by atoms with Gasteiger partial charge in [-0.15, -0.1) is 0 Å². The van der Waals surface area contributed by atoms with E-state index < -0.39 is 0 Å². The van der Waals surface area contributed by atoms with Gasteiger partial charge in [0, 0.05) is 20.1 Å². The number of carbonyl (C=O) groups is 1. The van der Waals surface area contributed by atoms with Crippen LogP contribution in [0.5, 0.6) is 0 Å². The van der Waals surface area contributed by atoms with E-state index in [-0.39, 0.29) is 5.91 Å². The predicted octanol–water partition coefficient (Wildman–Crippen LogP) is 0.853. The number of likely N-dealkylation sites (N-methyl/N-ethyl adjacent to an activating group) is 1. The standard InChI is InChI=1S/C11H20N2O/c1-13(2)11(14)7-12-10-6-8-3-4-9(10)5-8/h8-10,12H,3-7H2,1-2H3/t8-,9+,10-/m0/s1. The zero-order valence-corrected chi connectivity index (χ0v) is 9.12. The van der Waals surface area contributed by atoms with Gasteiger partial charge in [0.15, 0.2) is 0 Å². The minimum Gasteiger partial charge on any atom is -0.348 e. The molecule has 2 rings (SSSR count). The Morgan fingerprint density at radius 3 is 2.64 bits per heavy atom. The van der Waals surface area contributed by atoms with Crippen LogP contribution in [0.1, 0.15) is 25.7 Å². The summed E-state index contributed by atoms with van der Waals surface area (Å²) in [5.41, 5.74) is 0. The molecule has 80 valence electrons. The van der Waals surface area contributed by atoms with E-state index in [0.717, 1.165) is 11.8 Å². The van der Waals surface area contributed by atoms with Crippen LogP contribution in [0.2, 0.25) is 0 Å². The fourth-order valence-electron chi connectivity index (χ4n) is 2.87. The first-order valence-corrected chi connectivity index (χ1v) is 5.60. The van der Waals surface area contributed by atoms with Gasteiger partial charge >= 0.3 is 0 Å². The Balaban J connectivity index is 1.74. The summed E-state index contributed by atoms with van der Waals surface area (Å²) in [6.07, 6.45) is 5.49. The lowest BCUT2D eigenvalue weighted by Crippen LogP contribution is -2.41. The molecule has 1 amide bonds. The average molecular weight is 196 g/mol. The summed E-state index contributed by atoms with van der Waals surface area (Å²) in [6.45, 7) is 0.515. The summed E-state index contributed by atoms with van der Waals surface area (Å²) in [6, 6.07) is 0.623. The first kappa shape index (κ1) is 9.97. The molecule has 2 aliphatic carbocycles. The monoisotopic (exact) mass is 196 g/mol. The smallest absolute Gasteiger partial charge is 0.236 e. The van der Waals surface area contributed by atoms with Gasteiger partial charge in [0.05, 0.1) is 6.54 Å². The predicted molar refractivity (Wildman–Crippen MR) is 55.9 cm³/mol. The normalized spacial score (nSPS) is 34.9. The molecule has 0 spiro atoms. The van der Waals surface area contributed by atoms with Crippen molar-refractivity contribution in [1.29, 1.82) is 0 Å². The van der Waals surface area contributed by atoms with Crippen LogP contribution in [0.4, 0.5) is 0 Å². The quantitative estimate of drug-likeness (QED) is 0.726. The van der Waals surface area contributed by atoms with Crippen molar-refractivity contribution in [1.82, 2.24) is 10.2 Å². The molecule has 2 bridgehead atoms. The van der Waals surface area contributed by atoms with Gasteiger partial charge < -0.3 is 10.2 Å². The fourth-order valence-corrected chi connectivity index (χ4v) is 2.87. The van der Waals surface area contributed by atoms with Crippen molar-refractivity contribution in [2.45, 2.75) is 31.7 Å². The maximum absolute atomic E-state index is 11.4. The van der Waals surface area contributed by atoms with Gasteiger partial charge in [-0.3, -0.25) is 4.79 Å². The number of fused-ring (bicyclic) bond motifs is 2. The van der Waals surface area contributed by atoms with E-state index in [0.29, 0.717) is 12.6 Å². The largest absolute Gasteiger partial charge is 0.348 e. The molecule has 1 N–H and O–H groups in total. The van der Waals surface area contributed by atoms with Crippen LogP contribution in [0.3, 0.4) is 0 Å². The summed E-state index contributed by atoms with van der Waals surface area (Å²) in [4.78, 5) is 13.0. The minimum absolute atomic E-state index is 0.188. The molecular weight excluding hydrogens is 176 g/mol. The highest BCUT2D eigenvalue weighted by molar-refractivity contribution is 5.77. The summed E-state index contributed by atoms with van der Waals surface area (Å²) in [7, 11) is 3.62. The Kier molecular flexibility index (Phi) is 2.77. The fraction of sp³-hybridized carbons (Fsp3) is 0.909. The Bertz CT molecular complexity index is 227. The van der Waals surface area contributed by atoms with Gasteiger partial charge in [0.1, 0.15) is 0 Å². The van der Waals surface area contributed by atoms with Gasteiger partial charge in [-0.05, 0) is 31.1 Å². The van der Waals surface area contributed by atoms with Gasteiger partial charge in [-0.1, -0.05) is 6.42 Å². The number of nitrogens with one attached hydrogen (secondary N) is 1. The number of hydrogen-bond donors (Lipinski definition) is 1. The number of amides is 1. The van der Waals surface area contributed by atoms with Crippen molar-refractivity contribution < 1.29 is 4.79 Å². The van der Waals surface area contributed by atoms with Gasteiger partial charge in [-0.2, -0.15) is 0 Å². The molecule has 3 nitrogen and oxygen atoms in total. The van der Waals surface area contributed by atoms with Crippen molar-refractivity contribution in [3.8, 4) is 0 Å². The summed E-state index contributed by atoms with van der Waals surface area (Å²) in [5.74, 6) is 2.00. The van der Waals surface area contributed by atoms with E-state index in [1.54, 1.807) is 4.90 Å². The van der Waals surface area contributed by atoms with Crippen LogP contribution in [0.15, 0.2) is 0 Å². The summed E-state index contributed by atoms with van der Waals surface area (Å²) >= 11 is 0. The summed E-state index contributed by atoms with van der Waals surface area (Å²) < 4.78 is 0. The first-order chi connectivity index (χ1) is 6.66. The highest BCUT2D eigenvalue weighted by Crippen LogP contribution is 2.44. The minimum atomic E-state index is 0.188. The van der Waals surface area contributed by atoms with Crippen molar-refractivity contribution in [3.63, 3.8) is 0 Å². The molecule has 0 heterocycles. The molecule has 0 aliphatic heterocycles. The number of nitrogens with zero attached hydrogens (tertiary/aromatic N) is 1. The Labute approximate surface area is 85.8 Å². The average Bonchev–Trinajstić information content (AvgIpc) is 2.74. The van der Waals surface area contributed by atoms with E-state index in [9.17, 15) is 4.79 Å². The highest BCUT2D eigenvalue weighted by atomic mass is 16.2. The van der Waals surface area contributed by atoms with Crippen LogP contribution in [-0.2, 0) is 4.79 Å². The molecule has 0 radical (unpaired) electrons. The highest BCUT2D eigenvalue weighted by Gasteiger charge is 2.39. The molecular formula is C11H20N2O. The lowest BCUT2D eigenvalue weighted by Gasteiger charge is -2.23. The molecule has 3 heteroatoms. The number of rotatable bonds is 3. The second-order valence-electron chi connectivity index (χ2n) is 4.95. The molecule has 0 aromatic heterocycles. The maximum Gasteiger partial charge on any atom is 0.236 e. The second-order valence-corrected chi connectivity index (χ2v) is 4.95. The van der Waals surface area contributed by atoms with Crippen LogP contribution >= 0.6 is 0 Å². The van der Waals surface area contributed by atoms with E-state index in [4.69, 9.17) is 0 Å². The Morgan fingerprint density at radius 2 is 2.14 bits per heavy atom.